The van der Waals surface area contributed by atoms with Gasteiger partial charge in [0, 0.05) is 21.3 Å². The lowest BCUT2D eigenvalue weighted by Gasteiger charge is -2.37. The third kappa shape index (κ3) is 1.47. The Balaban J connectivity index is 2.38. The van der Waals surface area contributed by atoms with Crippen molar-refractivity contribution in [2.24, 2.45) is 0 Å². The molecule has 2 rings (SSSR count). The summed E-state index contributed by atoms with van der Waals surface area (Å²) in [6.07, 6.45) is 2.04. The predicted molar refractivity (Wildman–Crippen MR) is 61.1 cm³/mol. The van der Waals surface area contributed by atoms with Crippen LogP contribution in [0.1, 0.15) is 18.4 Å². The number of hydrogen-bond acceptors (Lipinski definition) is 3. The van der Waals surface area contributed by atoms with Gasteiger partial charge in [-0.1, -0.05) is 30.3 Å². The molecule has 1 fully saturated rings. The van der Waals surface area contributed by atoms with Gasteiger partial charge in [0.25, 0.3) is 5.97 Å². The summed E-state index contributed by atoms with van der Waals surface area (Å²) < 4.78 is 16.4. The molecule has 0 aliphatic heterocycles. The second-order valence-electron chi connectivity index (χ2n) is 4.12. The zero-order valence-corrected chi connectivity index (χ0v) is 10.0. The monoisotopic (exact) mass is 222 g/mol. The second-order valence-corrected chi connectivity index (χ2v) is 4.12. The van der Waals surface area contributed by atoms with Crippen LogP contribution < -0.4 is 0 Å². The molecule has 0 radical (unpaired) electrons. The largest absolute Gasteiger partial charge is 0.330 e. The Kier molecular flexibility index (Phi) is 3.02. The van der Waals surface area contributed by atoms with Crippen LogP contribution in [0.15, 0.2) is 30.3 Å². The lowest BCUT2D eigenvalue weighted by atomic mass is 9.93. The number of methoxy groups -OCH3 is 3. The molecule has 1 aliphatic rings. The first-order chi connectivity index (χ1) is 7.74. The molecule has 3 nitrogen and oxygen atoms in total. The lowest BCUT2D eigenvalue weighted by molar-refractivity contribution is -0.371. The van der Waals surface area contributed by atoms with Crippen molar-refractivity contribution in [3.8, 4) is 0 Å². The lowest BCUT2D eigenvalue weighted by Crippen LogP contribution is -2.48. The SMILES string of the molecule is COC(OC)(OC)C1(c2ccccc2)CC1. The summed E-state index contributed by atoms with van der Waals surface area (Å²) >= 11 is 0. The van der Waals surface area contributed by atoms with E-state index in [4.69, 9.17) is 14.2 Å². The van der Waals surface area contributed by atoms with E-state index >= 15 is 0 Å². The standard InChI is InChI=1S/C13H18O3/c1-14-13(15-2,16-3)12(9-10-12)11-7-5-4-6-8-11/h4-8H,9-10H2,1-3H3. The minimum Gasteiger partial charge on any atom is -0.330 e. The molecule has 88 valence electrons. The Labute approximate surface area is 96.3 Å². The van der Waals surface area contributed by atoms with Crippen molar-refractivity contribution in [2.45, 2.75) is 24.2 Å². The summed E-state index contributed by atoms with van der Waals surface area (Å²) in [5, 5.41) is 0. The van der Waals surface area contributed by atoms with Gasteiger partial charge in [-0.15, -0.1) is 0 Å². The van der Waals surface area contributed by atoms with Gasteiger partial charge >= 0.3 is 0 Å². The zero-order chi connectivity index (χ0) is 11.6. The minimum absolute atomic E-state index is 0.160. The Morgan fingerprint density at radius 3 is 1.81 bits per heavy atom. The molecule has 1 aliphatic carbocycles. The minimum atomic E-state index is -0.964. The van der Waals surface area contributed by atoms with Crippen LogP contribution in [0, 0.1) is 0 Å². The van der Waals surface area contributed by atoms with Crippen molar-refractivity contribution in [2.75, 3.05) is 21.3 Å². The van der Waals surface area contributed by atoms with E-state index in [-0.39, 0.29) is 5.41 Å². The van der Waals surface area contributed by atoms with Crippen LogP contribution in [0.25, 0.3) is 0 Å². The van der Waals surface area contributed by atoms with Gasteiger partial charge < -0.3 is 14.2 Å². The molecule has 0 N–H and O–H groups in total. The molecule has 0 saturated heterocycles. The van der Waals surface area contributed by atoms with Crippen LogP contribution in [0.5, 0.6) is 0 Å². The van der Waals surface area contributed by atoms with E-state index in [0.29, 0.717) is 0 Å². The molecular weight excluding hydrogens is 204 g/mol. The Hall–Kier alpha value is -0.900. The molecule has 0 spiro atoms. The fraction of sp³-hybridized carbons (Fsp3) is 0.538. The summed E-state index contributed by atoms with van der Waals surface area (Å²) in [7, 11) is 4.86. The summed E-state index contributed by atoms with van der Waals surface area (Å²) in [5.74, 6) is -0.964. The first-order valence-electron chi connectivity index (χ1n) is 5.45. The molecule has 0 unspecified atom stereocenters. The first kappa shape index (κ1) is 11.6. The molecule has 0 bridgehead atoms. The summed E-state index contributed by atoms with van der Waals surface area (Å²) in [6, 6.07) is 10.3. The topological polar surface area (TPSA) is 27.7 Å². The molecule has 3 heteroatoms. The van der Waals surface area contributed by atoms with E-state index in [1.54, 1.807) is 21.3 Å². The molecule has 0 heterocycles. The van der Waals surface area contributed by atoms with Gasteiger partial charge in [0.05, 0.1) is 5.41 Å². The van der Waals surface area contributed by atoms with Gasteiger partial charge in [0.1, 0.15) is 0 Å². The molecule has 16 heavy (non-hydrogen) atoms. The fourth-order valence-electron chi connectivity index (χ4n) is 2.49. The van der Waals surface area contributed by atoms with Gasteiger partial charge in [0.2, 0.25) is 0 Å². The van der Waals surface area contributed by atoms with Gasteiger partial charge in [-0.3, -0.25) is 0 Å². The number of ether oxygens (including phenoxy) is 3. The van der Waals surface area contributed by atoms with Gasteiger partial charge in [0.15, 0.2) is 0 Å². The average Bonchev–Trinajstić information content (AvgIpc) is 3.15. The van der Waals surface area contributed by atoms with E-state index in [9.17, 15) is 0 Å². The molecule has 0 atom stereocenters. The van der Waals surface area contributed by atoms with Crippen LogP contribution in [-0.4, -0.2) is 27.3 Å². The van der Waals surface area contributed by atoms with E-state index in [2.05, 4.69) is 12.1 Å². The number of hydrogen-bond donors (Lipinski definition) is 0. The second kappa shape index (κ2) is 4.17. The molecule has 1 saturated carbocycles. The van der Waals surface area contributed by atoms with Crippen LogP contribution in [0.3, 0.4) is 0 Å². The van der Waals surface area contributed by atoms with E-state index in [1.807, 2.05) is 18.2 Å². The normalized spacial score (nSPS) is 18.4. The van der Waals surface area contributed by atoms with Crippen molar-refractivity contribution >= 4 is 0 Å². The fourth-order valence-corrected chi connectivity index (χ4v) is 2.49. The molecular formula is C13H18O3. The van der Waals surface area contributed by atoms with Crippen molar-refractivity contribution < 1.29 is 14.2 Å². The maximum atomic E-state index is 5.47. The first-order valence-corrected chi connectivity index (χ1v) is 5.45. The predicted octanol–water partition coefficient (Wildman–Crippen LogP) is 2.31. The summed E-state index contributed by atoms with van der Waals surface area (Å²) in [6.45, 7) is 0. The molecule has 0 amide bonds. The Morgan fingerprint density at radius 2 is 1.44 bits per heavy atom. The quantitative estimate of drug-likeness (QED) is 0.715. The Morgan fingerprint density at radius 1 is 0.938 bits per heavy atom. The van der Waals surface area contributed by atoms with Crippen LogP contribution in [0.2, 0.25) is 0 Å². The van der Waals surface area contributed by atoms with Crippen molar-refractivity contribution in [1.82, 2.24) is 0 Å². The number of benzene rings is 1. The highest BCUT2D eigenvalue weighted by Gasteiger charge is 2.63. The van der Waals surface area contributed by atoms with Crippen LogP contribution in [-0.2, 0) is 19.6 Å². The molecule has 1 aromatic rings. The third-order valence-corrected chi connectivity index (χ3v) is 3.47. The maximum absolute atomic E-state index is 5.47. The van der Waals surface area contributed by atoms with Crippen molar-refractivity contribution in [1.29, 1.82) is 0 Å². The molecule has 1 aromatic carbocycles. The van der Waals surface area contributed by atoms with E-state index < -0.39 is 5.97 Å². The zero-order valence-electron chi connectivity index (χ0n) is 10.0. The maximum Gasteiger partial charge on any atom is 0.292 e. The van der Waals surface area contributed by atoms with E-state index in [0.717, 1.165) is 12.8 Å². The van der Waals surface area contributed by atoms with E-state index in [1.165, 1.54) is 5.56 Å². The van der Waals surface area contributed by atoms with Crippen LogP contribution in [0.4, 0.5) is 0 Å². The van der Waals surface area contributed by atoms with Gasteiger partial charge in [-0.05, 0) is 18.4 Å². The van der Waals surface area contributed by atoms with Crippen LogP contribution >= 0.6 is 0 Å². The highest BCUT2D eigenvalue weighted by molar-refractivity contribution is 5.33. The van der Waals surface area contributed by atoms with Gasteiger partial charge in [-0.25, -0.2) is 0 Å². The van der Waals surface area contributed by atoms with Crippen molar-refractivity contribution in [3.63, 3.8) is 0 Å². The highest BCUT2D eigenvalue weighted by atomic mass is 16.9. The highest BCUT2D eigenvalue weighted by Crippen LogP contribution is 2.57. The number of rotatable bonds is 5. The van der Waals surface area contributed by atoms with Crippen molar-refractivity contribution in [3.05, 3.63) is 35.9 Å². The summed E-state index contributed by atoms with van der Waals surface area (Å²) in [5.41, 5.74) is 1.05. The smallest absolute Gasteiger partial charge is 0.292 e. The average molecular weight is 222 g/mol. The third-order valence-electron chi connectivity index (χ3n) is 3.47. The Bertz CT molecular complexity index is 331. The van der Waals surface area contributed by atoms with Gasteiger partial charge in [-0.2, -0.15) is 0 Å². The molecule has 0 aromatic heterocycles. The summed E-state index contributed by atoms with van der Waals surface area (Å²) in [4.78, 5) is 0.